The number of carboxylic acid groups (broad SMARTS) is 2. The smallest absolute Gasteiger partial charge is 0.326 e. The molecule has 0 bridgehead atoms. The predicted molar refractivity (Wildman–Crippen MR) is 102 cm³/mol. The lowest BCUT2D eigenvalue weighted by molar-refractivity contribution is -0.147. The van der Waals surface area contributed by atoms with Crippen LogP contribution in [0.2, 0.25) is 0 Å². The van der Waals surface area contributed by atoms with Gasteiger partial charge in [-0.15, -0.1) is 0 Å². The second-order valence-electron chi connectivity index (χ2n) is 6.54. The molecule has 12 heteroatoms. The molecule has 0 fully saturated rings. The van der Waals surface area contributed by atoms with E-state index in [9.17, 15) is 29.1 Å². The van der Waals surface area contributed by atoms with Crippen molar-refractivity contribution in [2.45, 2.75) is 43.8 Å². The average molecular weight is 424 g/mol. The van der Waals surface area contributed by atoms with Crippen LogP contribution in [0.25, 0.3) is 0 Å². The summed E-state index contributed by atoms with van der Waals surface area (Å²) in [7, 11) is 0. The monoisotopic (exact) mass is 424 g/mol. The summed E-state index contributed by atoms with van der Waals surface area (Å²) in [6.07, 6.45) is -1.17. The van der Waals surface area contributed by atoms with E-state index in [1.54, 1.807) is 0 Å². The molecule has 0 saturated carbocycles. The lowest BCUT2D eigenvalue weighted by Gasteiger charge is -2.22. The molecule has 1 rings (SSSR count). The standard InChI is InChI=1S/C18H24N4O8/c19-11(5-6-14(20)24)16(27)21-12(7-9-1-3-10(23)4-2-9)17(28)22-13(18(29)30)8-15(25)26/h1-4,11-13,23H,5-8,19H2,(H2,20,24)(H,21,27)(H,22,28)(H,25,26)(H,29,30). The number of phenols is 1. The number of rotatable bonds is 12. The van der Waals surface area contributed by atoms with Crippen molar-refractivity contribution in [1.82, 2.24) is 10.6 Å². The van der Waals surface area contributed by atoms with Gasteiger partial charge in [0.2, 0.25) is 17.7 Å². The second kappa shape index (κ2) is 11.4. The molecular weight excluding hydrogens is 400 g/mol. The average Bonchev–Trinajstić information content (AvgIpc) is 2.65. The van der Waals surface area contributed by atoms with Gasteiger partial charge < -0.3 is 37.4 Å². The summed E-state index contributed by atoms with van der Waals surface area (Å²) in [6, 6.07) is 1.53. The van der Waals surface area contributed by atoms with Gasteiger partial charge >= 0.3 is 11.9 Å². The predicted octanol–water partition coefficient (Wildman–Crippen LogP) is -1.94. The SMILES string of the molecule is NC(=O)CCC(N)C(=O)NC(Cc1ccc(O)cc1)C(=O)NC(CC(=O)O)C(=O)O. The third kappa shape index (κ3) is 8.56. The number of primary amides is 1. The van der Waals surface area contributed by atoms with Gasteiger partial charge in [-0.05, 0) is 24.1 Å². The molecule has 0 spiro atoms. The number of hydrogen-bond donors (Lipinski definition) is 7. The first-order valence-electron chi connectivity index (χ1n) is 8.86. The summed E-state index contributed by atoms with van der Waals surface area (Å²) < 4.78 is 0. The number of benzene rings is 1. The molecule has 9 N–H and O–H groups in total. The van der Waals surface area contributed by atoms with Crippen LogP contribution in [0.1, 0.15) is 24.8 Å². The van der Waals surface area contributed by atoms with E-state index in [2.05, 4.69) is 10.6 Å². The first-order valence-corrected chi connectivity index (χ1v) is 8.86. The highest BCUT2D eigenvalue weighted by Gasteiger charge is 2.29. The molecule has 0 aliphatic carbocycles. The Morgan fingerprint density at radius 1 is 0.933 bits per heavy atom. The zero-order chi connectivity index (χ0) is 22.8. The molecule has 30 heavy (non-hydrogen) atoms. The maximum atomic E-state index is 12.6. The van der Waals surface area contributed by atoms with Gasteiger partial charge in [0.15, 0.2) is 0 Å². The van der Waals surface area contributed by atoms with Crippen LogP contribution in [0.15, 0.2) is 24.3 Å². The summed E-state index contributed by atoms with van der Waals surface area (Å²) in [5.41, 5.74) is 11.2. The number of amides is 3. The largest absolute Gasteiger partial charge is 0.508 e. The second-order valence-corrected chi connectivity index (χ2v) is 6.54. The Hall–Kier alpha value is -3.67. The van der Waals surface area contributed by atoms with Crippen LogP contribution in [0.4, 0.5) is 0 Å². The van der Waals surface area contributed by atoms with Gasteiger partial charge in [-0.2, -0.15) is 0 Å². The molecule has 164 valence electrons. The molecule has 3 atom stereocenters. The van der Waals surface area contributed by atoms with Crippen molar-refractivity contribution < 1.29 is 39.3 Å². The lowest BCUT2D eigenvalue weighted by atomic mass is 10.0. The van der Waals surface area contributed by atoms with Gasteiger partial charge in [-0.3, -0.25) is 19.2 Å². The highest BCUT2D eigenvalue weighted by atomic mass is 16.4. The van der Waals surface area contributed by atoms with Gasteiger partial charge in [0.1, 0.15) is 17.8 Å². The first-order chi connectivity index (χ1) is 14.0. The van der Waals surface area contributed by atoms with Crippen LogP contribution in [-0.2, 0) is 30.4 Å². The summed E-state index contributed by atoms with van der Waals surface area (Å²) in [5, 5.41) is 31.7. The maximum Gasteiger partial charge on any atom is 0.326 e. The topological polar surface area (TPSA) is 222 Å². The van der Waals surface area contributed by atoms with Crippen molar-refractivity contribution in [2.24, 2.45) is 11.5 Å². The molecule has 1 aromatic carbocycles. The van der Waals surface area contributed by atoms with E-state index in [1.807, 2.05) is 0 Å². The molecule has 0 aliphatic heterocycles. The highest BCUT2D eigenvalue weighted by Crippen LogP contribution is 2.12. The zero-order valence-corrected chi connectivity index (χ0v) is 15.9. The van der Waals surface area contributed by atoms with Crippen LogP contribution in [0.5, 0.6) is 5.75 Å². The van der Waals surface area contributed by atoms with Gasteiger partial charge in [-0.1, -0.05) is 12.1 Å². The molecular formula is C18H24N4O8. The molecule has 3 unspecified atom stereocenters. The number of carbonyl (C=O) groups is 5. The lowest BCUT2D eigenvalue weighted by Crippen LogP contribution is -2.55. The van der Waals surface area contributed by atoms with Crippen LogP contribution >= 0.6 is 0 Å². The van der Waals surface area contributed by atoms with Gasteiger partial charge in [0.25, 0.3) is 0 Å². The van der Waals surface area contributed by atoms with E-state index in [-0.39, 0.29) is 25.0 Å². The molecule has 0 aromatic heterocycles. The fraction of sp³-hybridized carbons (Fsp3) is 0.389. The Kier molecular flexibility index (Phi) is 9.23. The molecule has 3 amide bonds. The number of nitrogens with two attached hydrogens (primary N) is 2. The van der Waals surface area contributed by atoms with E-state index < -0.39 is 54.2 Å². The van der Waals surface area contributed by atoms with E-state index in [1.165, 1.54) is 24.3 Å². The van der Waals surface area contributed by atoms with Crippen LogP contribution < -0.4 is 22.1 Å². The molecule has 1 aromatic rings. The van der Waals surface area contributed by atoms with E-state index in [0.717, 1.165) is 0 Å². The van der Waals surface area contributed by atoms with E-state index >= 15 is 0 Å². The normalized spacial score (nSPS) is 13.5. The number of carbonyl (C=O) groups excluding carboxylic acids is 3. The van der Waals surface area contributed by atoms with Gasteiger partial charge in [-0.25, -0.2) is 4.79 Å². The summed E-state index contributed by atoms with van der Waals surface area (Å²) in [5.74, 6) is -5.39. The van der Waals surface area contributed by atoms with E-state index in [0.29, 0.717) is 5.56 Å². The van der Waals surface area contributed by atoms with Crippen molar-refractivity contribution in [2.75, 3.05) is 0 Å². The summed E-state index contributed by atoms with van der Waals surface area (Å²) >= 11 is 0. The van der Waals surface area contributed by atoms with Gasteiger partial charge in [0.05, 0.1) is 12.5 Å². The molecule has 0 radical (unpaired) electrons. The Bertz CT molecular complexity index is 796. The number of hydrogen-bond acceptors (Lipinski definition) is 7. The Morgan fingerprint density at radius 2 is 1.50 bits per heavy atom. The number of phenolic OH excluding ortho intramolecular Hbond substituents is 1. The van der Waals surface area contributed by atoms with Gasteiger partial charge in [0, 0.05) is 12.8 Å². The van der Waals surface area contributed by atoms with Crippen molar-refractivity contribution in [3.8, 4) is 5.75 Å². The van der Waals surface area contributed by atoms with E-state index in [4.69, 9.17) is 21.7 Å². The van der Waals surface area contributed by atoms with Crippen molar-refractivity contribution in [3.05, 3.63) is 29.8 Å². The molecule has 0 heterocycles. The maximum absolute atomic E-state index is 12.6. The number of aliphatic carboxylic acids is 2. The van der Waals surface area contributed by atoms with Crippen molar-refractivity contribution in [3.63, 3.8) is 0 Å². The Morgan fingerprint density at radius 3 is 2.00 bits per heavy atom. The Balaban J connectivity index is 2.97. The number of carboxylic acids is 2. The van der Waals surface area contributed by atoms with Crippen LogP contribution in [-0.4, -0.2) is 63.1 Å². The summed E-state index contributed by atoms with van der Waals surface area (Å²) in [6.45, 7) is 0. The minimum absolute atomic E-state index is 0.0235. The molecule has 12 nitrogen and oxygen atoms in total. The quantitative estimate of drug-likeness (QED) is 0.198. The van der Waals surface area contributed by atoms with Crippen LogP contribution in [0.3, 0.4) is 0 Å². The first kappa shape index (κ1) is 24.4. The molecule has 0 saturated heterocycles. The minimum Gasteiger partial charge on any atom is -0.508 e. The summed E-state index contributed by atoms with van der Waals surface area (Å²) in [4.78, 5) is 57.8. The third-order valence-corrected chi connectivity index (χ3v) is 4.04. The van der Waals surface area contributed by atoms with Crippen molar-refractivity contribution in [1.29, 1.82) is 0 Å². The van der Waals surface area contributed by atoms with Crippen LogP contribution in [0, 0.1) is 0 Å². The highest BCUT2D eigenvalue weighted by molar-refractivity contribution is 5.93. The number of nitrogens with one attached hydrogen (secondary N) is 2. The number of aromatic hydroxyl groups is 1. The fourth-order valence-electron chi connectivity index (χ4n) is 2.43. The third-order valence-electron chi connectivity index (χ3n) is 4.04. The minimum atomic E-state index is -1.71. The Labute approximate surface area is 171 Å². The fourth-order valence-corrected chi connectivity index (χ4v) is 2.43. The van der Waals surface area contributed by atoms with Crippen molar-refractivity contribution >= 4 is 29.7 Å². The molecule has 0 aliphatic rings. The zero-order valence-electron chi connectivity index (χ0n) is 15.9.